The van der Waals surface area contributed by atoms with Crippen LogP contribution in [-0.2, 0) is 4.79 Å². The second-order valence-corrected chi connectivity index (χ2v) is 7.77. The van der Waals surface area contributed by atoms with E-state index in [2.05, 4.69) is 9.97 Å². The molecule has 158 valence electrons. The standard InChI is InChI=1S/C22H21N5O4/c1-14(27-20(29)15-5-2-3-6-16(15)21(27)30)13-18(28)25-9-11-26(12-10-25)22-24-19-17(31-22)7-4-8-23-19/h2-8,14H,9-13H2,1H3. The molecule has 0 saturated carbocycles. The van der Waals surface area contributed by atoms with Crippen LogP contribution in [0, 0.1) is 0 Å². The predicted octanol–water partition coefficient (Wildman–Crippen LogP) is 1.95. The summed E-state index contributed by atoms with van der Waals surface area (Å²) in [5.41, 5.74) is 1.98. The Morgan fingerprint density at radius 2 is 1.71 bits per heavy atom. The summed E-state index contributed by atoms with van der Waals surface area (Å²) < 4.78 is 5.76. The molecule has 4 heterocycles. The molecule has 1 unspecified atom stereocenters. The van der Waals surface area contributed by atoms with E-state index < -0.39 is 6.04 Å². The van der Waals surface area contributed by atoms with E-state index in [-0.39, 0.29) is 24.1 Å². The van der Waals surface area contributed by atoms with E-state index in [1.165, 1.54) is 4.90 Å². The average Bonchev–Trinajstić information content (AvgIpc) is 3.33. The van der Waals surface area contributed by atoms with Gasteiger partial charge in [0.2, 0.25) is 11.6 Å². The van der Waals surface area contributed by atoms with Crippen LogP contribution in [0.2, 0.25) is 0 Å². The van der Waals surface area contributed by atoms with Crippen molar-refractivity contribution in [3.8, 4) is 0 Å². The van der Waals surface area contributed by atoms with Crippen molar-refractivity contribution >= 4 is 35.0 Å². The van der Waals surface area contributed by atoms with Crippen LogP contribution in [0.15, 0.2) is 47.0 Å². The van der Waals surface area contributed by atoms with Gasteiger partial charge in [-0.3, -0.25) is 19.3 Å². The Labute approximate surface area is 178 Å². The van der Waals surface area contributed by atoms with Crippen LogP contribution in [0.25, 0.3) is 11.2 Å². The molecule has 9 heteroatoms. The molecule has 1 fully saturated rings. The fraction of sp³-hybridized carbons (Fsp3) is 0.318. The highest BCUT2D eigenvalue weighted by Crippen LogP contribution is 2.26. The molecule has 0 spiro atoms. The van der Waals surface area contributed by atoms with Crippen LogP contribution >= 0.6 is 0 Å². The van der Waals surface area contributed by atoms with Crippen LogP contribution in [-0.4, -0.2) is 69.7 Å². The van der Waals surface area contributed by atoms with Crippen molar-refractivity contribution in [2.45, 2.75) is 19.4 Å². The van der Waals surface area contributed by atoms with Gasteiger partial charge >= 0.3 is 0 Å². The summed E-state index contributed by atoms with van der Waals surface area (Å²) in [6.07, 6.45) is 1.76. The van der Waals surface area contributed by atoms with E-state index >= 15 is 0 Å². The lowest BCUT2D eigenvalue weighted by molar-refractivity contribution is -0.132. The molecular weight excluding hydrogens is 398 g/mol. The van der Waals surface area contributed by atoms with Crippen LogP contribution < -0.4 is 4.90 Å². The number of amides is 3. The summed E-state index contributed by atoms with van der Waals surface area (Å²) in [4.78, 5) is 51.6. The number of pyridine rings is 1. The molecular formula is C22H21N5O4. The van der Waals surface area contributed by atoms with Crippen molar-refractivity contribution in [3.05, 3.63) is 53.7 Å². The Morgan fingerprint density at radius 1 is 1.03 bits per heavy atom. The fourth-order valence-corrected chi connectivity index (χ4v) is 4.12. The first kappa shape index (κ1) is 19.2. The molecule has 2 aliphatic heterocycles. The lowest BCUT2D eigenvalue weighted by Crippen LogP contribution is -2.50. The Morgan fingerprint density at radius 3 is 2.35 bits per heavy atom. The Kier molecular flexibility index (Phi) is 4.65. The van der Waals surface area contributed by atoms with Crippen LogP contribution in [0.5, 0.6) is 0 Å². The highest BCUT2D eigenvalue weighted by atomic mass is 16.4. The summed E-state index contributed by atoms with van der Waals surface area (Å²) in [5.74, 6) is -0.756. The number of hydrogen-bond acceptors (Lipinski definition) is 7. The van der Waals surface area contributed by atoms with Crippen LogP contribution in [0.3, 0.4) is 0 Å². The second kappa shape index (κ2) is 7.50. The lowest BCUT2D eigenvalue weighted by atomic mass is 10.1. The first-order chi connectivity index (χ1) is 15.0. The molecule has 5 rings (SSSR count). The molecule has 0 bridgehead atoms. The number of imide groups is 1. The number of anilines is 1. The van der Waals surface area contributed by atoms with Gasteiger partial charge in [-0.05, 0) is 31.2 Å². The minimum atomic E-state index is -0.513. The first-order valence-corrected chi connectivity index (χ1v) is 10.2. The van der Waals surface area contributed by atoms with Gasteiger partial charge in [0.15, 0.2) is 5.58 Å². The third-order valence-electron chi connectivity index (χ3n) is 5.79. The normalized spacial score (nSPS) is 17.4. The van der Waals surface area contributed by atoms with Crippen molar-refractivity contribution in [1.29, 1.82) is 0 Å². The largest absolute Gasteiger partial charge is 0.422 e. The lowest BCUT2D eigenvalue weighted by Gasteiger charge is -2.34. The highest BCUT2D eigenvalue weighted by molar-refractivity contribution is 6.21. The van der Waals surface area contributed by atoms with Gasteiger partial charge in [-0.1, -0.05) is 12.1 Å². The number of fused-ring (bicyclic) bond motifs is 2. The van der Waals surface area contributed by atoms with E-state index in [4.69, 9.17) is 4.42 Å². The zero-order chi connectivity index (χ0) is 21.5. The molecule has 1 aromatic carbocycles. The van der Waals surface area contributed by atoms with E-state index in [1.54, 1.807) is 48.4 Å². The van der Waals surface area contributed by atoms with Gasteiger partial charge in [0.25, 0.3) is 17.8 Å². The quantitative estimate of drug-likeness (QED) is 0.596. The number of hydrogen-bond donors (Lipinski definition) is 0. The zero-order valence-corrected chi connectivity index (χ0v) is 17.0. The Bertz CT molecular complexity index is 1110. The first-order valence-electron chi connectivity index (χ1n) is 10.2. The predicted molar refractivity (Wildman–Crippen MR) is 112 cm³/mol. The average molecular weight is 419 g/mol. The van der Waals surface area contributed by atoms with Gasteiger partial charge in [0.05, 0.1) is 11.1 Å². The highest BCUT2D eigenvalue weighted by Gasteiger charge is 2.39. The third kappa shape index (κ3) is 3.31. The SMILES string of the molecule is CC(CC(=O)N1CCN(c2nc3ncccc3o2)CC1)N1C(=O)c2ccccc2C1=O. The van der Waals surface area contributed by atoms with Gasteiger partial charge in [-0.2, -0.15) is 4.98 Å². The number of nitrogens with zero attached hydrogens (tertiary/aromatic N) is 5. The minimum Gasteiger partial charge on any atom is -0.422 e. The van der Waals surface area contributed by atoms with E-state index in [1.807, 2.05) is 11.0 Å². The van der Waals surface area contributed by atoms with E-state index in [9.17, 15) is 14.4 Å². The van der Waals surface area contributed by atoms with E-state index in [0.29, 0.717) is 54.6 Å². The Hall–Kier alpha value is -3.75. The number of aromatic nitrogens is 2. The van der Waals surface area contributed by atoms with Crippen LogP contribution in [0.4, 0.5) is 6.01 Å². The monoisotopic (exact) mass is 419 g/mol. The molecule has 2 aromatic heterocycles. The maximum atomic E-state index is 12.8. The van der Waals surface area contributed by atoms with Crippen molar-refractivity contribution in [1.82, 2.24) is 19.8 Å². The molecule has 31 heavy (non-hydrogen) atoms. The summed E-state index contributed by atoms with van der Waals surface area (Å²) in [6, 6.07) is 10.4. The van der Waals surface area contributed by atoms with Gasteiger partial charge in [0, 0.05) is 44.8 Å². The van der Waals surface area contributed by atoms with Crippen molar-refractivity contribution in [2.24, 2.45) is 0 Å². The molecule has 2 aliphatic rings. The summed E-state index contributed by atoms with van der Waals surface area (Å²) in [7, 11) is 0. The van der Waals surface area contributed by atoms with Crippen molar-refractivity contribution in [3.63, 3.8) is 0 Å². The molecule has 9 nitrogen and oxygen atoms in total. The number of benzene rings is 1. The minimum absolute atomic E-state index is 0.0806. The smallest absolute Gasteiger partial charge is 0.300 e. The van der Waals surface area contributed by atoms with E-state index in [0.717, 1.165) is 0 Å². The Balaban J connectivity index is 1.20. The summed E-state index contributed by atoms with van der Waals surface area (Å²) in [5, 5.41) is 0. The molecule has 1 saturated heterocycles. The second-order valence-electron chi connectivity index (χ2n) is 7.77. The number of carbonyl (C=O) groups is 3. The molecule has 3 aromatic rings. The van der Waals surface area contributed by atoms with Crippen molar-refractivity contribution < 1.29 is 18.8 Å². The maximum Gasteiger partial charge on any atom is 0.300 e. The third-order valence-corrected chi connectivity index (χ3v) is 5.79. The molecule has 0 radical (unpaired) electrons. The van der Waals surface area contributed by atoms with Gasteiger partial charge < -0.3 is 14.2 Å². The number of oxazole rings is 1. The molecule has 3 amide bonds. The number of rotatable bonds is 4. The van der Waals surface area contributed by atoms with Gasteiger partial charge in [-0.25, -0.2) is 4.98 Å². The van der Waals surface area contributed by atoms with Gasteiger partial charge in [-0.15, -0.1) is 0 Å². The van der Waals surface area contributed by atoms with Gasteiger partial charge in [0.1, 0.15) is 0 Å². The number of carbonyl (C=O) groups excluding carboxylic acids is 3. The maximum absolute atomic E-state index is 12.8. The topological polar surface area (TPSA) is 99.8 Å². The zero-order valence-electron chi connectivity index (χ0n) is 17.0. The van der Waals surface area contributed by atoms with Crippen LogP contribution in [0.1, 0.15) is 34.1 Å². The molecule has 1 atom stereocenters. The summed E-state index contributed by atoms with van der Waals surface area (Å²) in [6.45, 7) is 3.93. The number of piperazine rings is 1. The molecule has 0 aliphatic carbocycles. The molecule has 0 N–H and O–H groups in total. The fourth-order valence-electron chi connectivity index (χ4n) is 4.12. The summed E-state index contributed by atoms with van der Waals surface area (Å²) >= 11 is 0. The van der Waals surface area contributed by atoms with Crippen molar-refractivity contribution in [2.75, 3.05) is 31.1 Å².